The molecule has 1 fully saturated rings. The van der Waals surface area contributed by atoms with Gasteiger partial charge in [0, 0.05) is 73.3 Å². The van der Waals surface area contributed by atoms with Gasteiger partial charge in [-0.15, -0.1) is 0 Å². The number of hydrogen-bond donors (Lipinski definition) is 3. The molecule has 4 aromatic rings. The molecule has 41 heavy (non-hydrogen) atoms. The predicted molar refractivity (Wildman–Crippen MR) is 166 cm³/mol. The van der Waals surface area contributed by atoms with Gasteiger partial charge in [0.15, 0.2) is 11.6 Å². The first-order chi connectivity index (χ1) is 19.9. The van der Waals surface area contributed by atoms with Crippen LogP contribution in [0.4, 0.5) is 21.6 Å². The molecular weight excluding hydrogens is 519 g/mol. The lowest BCUT2D eigenvalue weighted by atomic mass is 10.2. The first-order valence-electron chi connectivity index (χ1n) is 14.4. The number of aromatic nitrogens is 3. The van der Waals surface area contributed by atoms with Crippen molar-refractivity contribution in [3.8, 4) is 11.6 Å². The monoisotopic (exact) mass is 562 g/mol. The number of H-pyrrole nitrogens is 1. The molecule has 1 aliphatic rings. The number of likely N-dealkylation sites (N-methyl/N-ethyl adjacent to an activating group) is 2. The van der Waals surface area contributed by atoms with Gasteiger partial charge >= 0.3 is 0 Å². The molecular formula is C31H43FN8O. The molecule has 0 bridgehead atoms. The fourth-order valence-electron chi connectivity index (χ4n) is 4.88. The minimum absolute atomic E-state index is 0.124. The van der Waals surface area contributed by atoms with Crippen LogP contribution in [0.5, 0.6) is 11.6 Å². The topological polar surface area (TPSA) is 98.6 Å². The van der Waals surface area contributed by atoms with Crippen molar-refractivity contribution in [1.29, 1.82) is 0 Å². The number of piperazine rings is 1. The molecule has 2 aromatic heterocycles. The molecule has 0 amide bonds. The number of benzene rings is 2. The summed E-state index contributed by atoms with van der Waals surface area (Å²) >= 11 is 0. The molecule has 9 nitrogen and oxygen atoms in total. The molecule has 10 heteroatoms. The average molecular weight is 563 g/mol. The van der Waals surface area contributed by atoms with Crippen molar-refractivity contribution in [3.63, 3.8) is 0 Å². The highest BCUT2D eigenvalue weighted by atomic mass is 19.1. The maximum atomic E-state index is 14.8. The fraction of sp³-hybridized carbons (Fsp3) is 0.419. The number of rotatable bonds is 10. The third-order valence-electron chi connectivity index (χ3n) is 7.13. The Kier molecular flexibility index (Phi) is 10.9. The van der Waals surface area contributed by atoms with E-state index in [2.05, 4.69) is 68.0 Å². The number of nitrogens with two attached hydrogens (primary N) is 1. The van der Waals surface area contributed by atoms with Crippen molar-refractivity contribution >= 4 is 28.1 Å². The van der Waals surface area contributed by atoms with Crippen molar-refractivity contribution in [2.45, 2.75) is 27.2 Å². The van der Waals surface area contributed by atoms with E-state index in [4.69, 9.17) is 10.5 Å². The highest BCUT2D eigenvalue weighted by Crippen LogP contribution is 2.30. The second kappa shape index (κ2) is 14.8. The average Bonchev–Trinajstić information content (AvgIpc) is 3.37. The maximum Gasteiger partial charge on any atom is 0.224 e. The third kappa shape index (κ3) is 8.39. The van der Waals surface area contributed by atoms with Crippen molar-refractivity contribution in [2.75, 3.05) is 69.6 Å². The van der Waals surface area contributed by atoms with Gasteiger partial charge in [0.25, 0.3) is 0 Å². The SMILES string of the molecule is CCCN(C)CCN.CCN1CCN(c2ccc(Nc3cc(Oc4ccc5[nH]c(C)cc5c4F)ncn3)cc2)CC1. The number of nitrogens with one attached hydrogen (secondary N) is 2. The van der Waals surface area contributed by atoms with E-state index in [0.29, 0.717) is 11.2 Å². The molecule has 5 rings (SSSR count). The van der Waals surface area contributed by atoms with Gasteiger partial charge in [-0.25, -0.2) is 14.4 Å². The Morgan fingerprint density at radius 2 is 1.78 bits per heavy atom. The molecule has 0 saturated carbocycles. The van der Waals surface area contributed by atoms with Crippen LogP contribution in [0.1, 0.15) is 26.0 Å². The first-order valence-corrected chi connectivity index (χ1v) is 14.4. The summed E-state index contributed by atoms with van der Waals surface area (Å²) in [5.41, 5.74) is 9.07. The maximum absolute atomic E-state index is 14.8. The van der Waals surface area contributed by atoms with Gasteiger partial charge in [-0.05, 0) is 75.9 Å². The van der Waals surface area contributed by atoms with Crippen LogP contribution < -0.4 is 20.7 Å². The number of halogens is 1. The quantitative estimate of drug-likeness (QED) is 0.237. The second-order valence-corrected chi connectivity index (χ2v) is 10.3. The Morgan fingerprint density at radius 1 is 1.02 bits per heavy atom. The summed E-state index contributed by atoms with van der Waals surface area (Å²) in [6.07, 6.45) is 2.62. The molecule has 0 spiro atoms. The molecule has 3 heterocycles. The van der Waals surface area contributed by atoms with Crippen LogP contribution in [0.15, 0.2) is 54.9 Å². The van der Waals surface area contributed by atoms with Gasteiger partial charge in [0.05, 0.1) is 0 Å². The Bertz CT molecular complexity index is 1360. The number of hydrogen-bond acceptors (Lipinski definition) is 8. The molecule has 1 saturated heterocycles. The number of ether oxygens (including phenoxy) is 1. The summed E-state index contributed by atoms with van der Waals surface area (Å²) in [4.78, 5) is 18.6. The number of aromatic amines is 1. The third-order valence-corrected chi connectivity index (χ3v) is 7.13. The standard InChI is InChI=1S/C25H27FN6O.C6H16N2/c1-3-31-10-12-32(13-11-31)19-6-4-18(5-7-19)30-23-15-24(28-16-27-23)33-22-9-8-21-20(25(22)26)14-17(2)29-21;1-3-5-8(2)6-4-7/h4-9,14-16,29H,3,10-13H2,1-2H3,(H,27,28,30);3-7H2,1-2H3. The van der Waals surface area contributed by atoms with E-state index in [0.717, 1.165) is 69.3 Å². The van der Waals surface area contributed by atoms with Crippen LogP contribution >= 0.6 is 0 Å². The second-order valence-electron chi connectivity index (χ2n) is 10.3. The Balaban J connectivity index is 0.000000426. The zero-order valence-electron chi connectivity index (χ0n) is 24.7. The van der Waals surface area contributed by atoms with E-state index in [1.54, 1.807) is 24.3 Å². The molecule has 0 unspecified atom stereocenters. The van der Waals surface area contributed by atoms with Crippen molar-refractivity contribution < 1.29 is 9.13 Å². The summed E-state index contributed by atoms with van der Waals surface area (Å²) in [7, 11) is 2.09. The van der Waals surface area contributed by atoms with E-state index in [-0.39, 0.29) is 11.6 Å². The molecule has 1 aliphatic heterocycles. The zero-order valence-corrected chi connectivity index (χ0v) is 24.7. The van der Waals surface area contributed by atoms with E-state index in [1.165, 1.54) is 18.4 Å². The molecule has 0 radical (unpaired) electrons. The van der Waals surface area contributed by atoms with Gasteiger partial charge in [0.1, 0.15) is 12.1 Å². The molecule has 0 aliphatic carbocycles. The highest BCUT2D eigenvalue weighted by Gasteiger charge is 2.16. The number of fused-ring (bicyclic) bond motifs is 1. The normalized spacial score (nSPS) is 13.8. The van der Waals surface area contributed by atoms with Crippen LogP contribution in [0, 0.1) is 12.7 Å². The van der Waals surface area contributed by atoms with Crippen LogP contribution in [0.3, 0.4) is 0 Å². The van der Waals surface area contributed by atoms with Crippen LogP contribution in [-0.4, -0.2) is 84.2 Å². The summed E-state index contributed by atoms with van der Waals surface area (Å²) in [5, 5.41) is 3.76. The van der Waals surface area contributed by atoms with E-state index < -0.39 is 5.82 Å². The minimum atomic E-state index is -0.416. The fourth-order valence-corrected chi connectivity index (χ4v) is 4.88. The summed E-state index contributed by atoms with van der Waals surface area (Å²) in [6, 6.07) is 15.1. The van der Waals surface area contributed by atoms with Crippen molar-refractivity contribution in [1.82, 2.24) is 24.8 Å². The minimum Gasteiger partial charge on any atom is -0.436 e. The zero-order chi connectivity index (χ0) is 29.2. The summed E-state index contributed by atoms with van der Waals surface area (Å²) < 4.78 is 20.6. The Hall–Kier alpha value is -3.73. The number of nitrogens with zero attached hydrogens (tertiary/aromatic N) is 5. The van der Waals surface area contributed by atoms with Gasteiger partial charge < -0.3 is 35.5 Å². The van der Waals surface area contributed by atoms with Crippen molar-refractivity contribution in [3.05, 3.63) is 66.4 Å². The number of aryl methyl sites for hydroxylation is 1. The largest absolute Gasteiger partial charge is 0.436 e. The lowest BCUT2D eigenvalue weighted by Crippen LogP contribution is -2.46. The van der Waals surface area contributed by atoms with E-state index >= 15 is 0 Å². The summed E-state index contributed by atoms with van der Waals surface area (Å²) in [6.45, 7) is 14.6. The van der Waals surface area contributed by atoms with Gasteiger partial charge in [-0.1, -0.05) is 13.8 Å². The Labute approximate surface area is 242 Å². The smallest absolute Gasteiger partial charge is 0.224 e. The Morgan fingerprint density at radius 3 is 2.46 bits per heavy atom. The summed E-state index contributed by atoms with van der Waals surface area (Å²) in [5.74, 6) is 0.547. The van der Waals surface area contributed by atoms with Crippen LogP contribution in [0.25, 0.3) is 10.9 Å². The van der Waals surface area contributed by atoms with Crippen molar-refractivity contribution in [2.24, 2.45) is 5.73 Å². The molecule has 220 valence electrons. The lowest BCUT2D eigenvalue weighted by Gasteiger charge is -2.35. The molecule has 4 N–H and O–H groups in total. The number of anilines is 3. The molecule has 2 aromatic carbocycles. The van der Waals surface area contributed by atoms with E-state index in [9.17, 15) is 4.39 Å². The lowest BCUT2D eigenvalue weighted by molar-refractivity contribution is 0.271. The predicted octanol–water partition coefficient (Wildman–Crippen LogP) is 5.37. The van der Waals surface area contributed by atoms with E-state index in [1.807, 2.05) is 19.1 Å². The van der Waals surface area contributed by atoms with Crippen LogP contribution in [0.2, 0.25) is 0 Å². The van der Waals surface area contributed by atoms with Gasteiger partial charge in [-0.2, -0.15) is 0 Å². The highest BCUT2D eigenvalue weighted by molar-refractivity contribution is 5.82. The van der Waals surface area contributed by atoms with Gasteiger partial charge in [0.2, 0.25) is 5.88 Å². The van der Waals surface area contributed by atoms with Gasteiger partial charge in [-0.3, -0.25) is 0 Å². The molecule has 0 atom stereocenters. The van der Waals surface area contributed by atoms with Crippen LogP contribution in [-0.2, 0) is 0 Å². The first kappa shape index (κ1) is 30.2.